The molecule has 0 bridgehead atoms. The number of hydrogen-bond acceptors (Lipinski definition) is 1. The number of rotatable bonds is 4. The zero-order chi connectivity index (χ0) is 17.9. The van der Waals surface area contributed by atoms with Crippen LogP contribution >= 0.6 is 27.7 Å². The summed E-state index contributed by atoms with van der Waals surface area (Å²) in [4.78, 5) is 1.20. The van der Waals surface area contributed by atoms with Gasteiger partial charge in [0.25, 0.3) is 0 Å². The highest BCUT2D eigenvalue weighted by molar-refractivity contribution is 9.10. The van der Waals surface area contributed by atoms with Crippen LogP contribution in [0.2, 0.25) is 0 Å². The van der Waals surface area contributed by atoms with E-state index in [2.05, 4.69) is 83.5 Å². The third-order valence-electron chi connectivity index (χ3n) is 4.06. The molecule has 4 heteroatoms. The summed E-state index contributed by atoms with van der Waals surface area (Å²) in [6.07, 6.45) is 0. The Balaban J connectivity index is 1.78. The zero-order valence-electron chi connectivity index (χ0n) is 14.3. The Kier molecular flexibility index (Phi) is 4.96. The predicted molar refractivity (Wildman–Crippen MR) is 112 cm³/mol. The molecule has 128 valence electrons. The lowest BCUT2D eigenvalue weighted by atomic mass is 10.2. The van der Waals surface area contributed by atoms with Crippen molar-refractivity contribution < 1.29 is 4.68 Å². The molecule has 0 spiro atoms. The van der Waals surface area contributed by atoms with Crippen LogP contribution in [0.3, 0.4) is 0 Å². The molecule has 1 heterocycles. The normalized spacial score (nSPS) is 10.8. The highest BCUT2D eigenvalue weighted by atomic mass is 79.9. The largest absolute Gasteiger partial charge is 0.403 e. The number of nitrogens with zero attached hydrogens (tertiary/aromatic N) is 2. The van der Waals surface area contributed by atoms with Crippen LogP contribution in [0.1, 0.15) is 5.56 Å². The Hall–Kier alpha value is -2.30. The van der Waals surface area contributed by atoms with Gasteiger partial charge in [-0.15, -0.1) is 0 Å². The SMILES string of the molecule is Cc1ccc(Sc2ccc3ccccc3[n+]2[N-]c2ccc(Br)cc2)cc1. The molecule has 3 aromatic carbocycles. The molecule has 4 rings (SSSR count). The van der Waals surface area contributed by atoms with Crippen LogP contribution in [0.5, 0.6) is 0 Å². The van der Waals surface area contributed by atoms with E-state index in [1.807, 2.05) is 28.9 Å². The van der Waals surface area contributed by atoms with Gasteiger partial charge in [-0.2, -0.15) is 0 Å². The molecule has 0 radical (unpaired) electrons. The first kappa shape index (κ1) is 17.1. The zero-order valence-corrected chi connectivity index (χ0v) is 16.7. The summed E-state index contributed by atoms with van der Waals surface area (Å²) in [6.45, 7) is 2.10. The number of aryl methyl sites for hydroxylation is 1. The van der Waals surface area contributed by atoms with Gasteiger partial charge in [-0.05, 0) is 55.1 Å². The molecule has 0 N–H and O–H groups in total. The maximum atomic E-state index is 4.90. The van der Waals surface area contributed by atoms with E-state index in [0.717, 1.165) is 20.7 Å². The highest BCUT2D eigenvalue weighted by Crippen LogP contribution is 2.29. The fourth-order valence-electron chi connectivity index (χ4n) is 2.70. The third-order valence-corrected chi connectivity index (χ3v) is 5.62. The summed E-state index contributed by atoms with van der Waals surface area (Å²) in [7, 11) is 0. The van der Waals surface area contributed by atoms with Crippen molar-refractivity contribution in [1.29, 1.82) is 0 Å². The van der Waals surface area contributed by atoms with Gasteiger partial charge < -0.3 is 5.43 Å². The van der Waals surface area contributed by atoms with Crippen LogP contribution < -0.4 is 4.68 Å². The summed E-state index contributed by atoms with van der Waals surface area (Å²) in [5.74, 6) is 0. The molecule has 0 fully saturated rings. The van der Waals surface area contributed by atoms with Crippen molar-refractivity contribution in [3.8, 4) is 0 Å². The fraction of sp³-hybridized carbons (Fsp3) is 0.0455. The van der Waals surface area contributed by atoms with E-state index in [4.69, 9.17) is 5.43 Å². The summed E-state index contributed by atoms with van der Waals surface area (Å²) in [6, 6.07) is 29.2. The van der Waals surface area contributed by atoms with Gasteiger partial charge in [0, 0.05) is 26.9 Å². The summed E-state index contributed by atoms with van der Waals surface area (Å²) in [5, 5.41) is 2.25. The average Bonchev–Trinajstić information content (AvgIpc) is 2.67. The molecule has 0 aliphatic heterocycles. The van der Waals surface area contributed by atoms with E-state index in [-0.39, 0.29) is 0 Å². The molecule has 0 atom stereocenters. The smallest absolute Gasteiger partial charge is 0.241 e. The molecular formula is C22H17BrN2S. The first-order valence-corrected chi connectivity index (χ1v) is 9.96. The van der Waals surface area contributed by atoms with Crippen LogP contribution in [-0.4, -0.2) is 0 Å². The molecule has 4 aromatic rings. The van der Waals surface area contributed by atoms with Crippen molar-refractivity contribution >= 4 is 44.3 Å². The van der Waals surface area contributed by atoms with E-state index in [1.165, 1.54) is 15.8 Å². The van der Waals surface area contributed by atoms with Crippen LogP contribution in [0, 0.1) is 6.92 Å². The van der Waals surface area contributed by atoms with E-state index in [0.29, 0.717) is 0 Å². The van der Waals surface area contributed by atoms with E-state index < -0.39 is 0 Å². The van der Waals surface area contributed by atoms with Gasteiger partial charge in [0.15, 0.2) is 0 Å². The molecule has 0 aliphatic rings. The van der Waals surface area contributed by atoms with Crippen LogP contribution in [-0.2, 0) is 0 Å². The summed E-state index contributed by atoms with van der Waals surface area (Å²) >= 11 is 5.20. The standard InChI is InChI=1S/C22H17BrN2S/c1-16-6-13-20(14-7-16)26-22-15-8-17-4-2-3-5-21(17)25(22)24-19-11-9-18(23)10-12-19/h2-15H,1H3. The molecular weight excluding hydrogens is 404 g/mol. The average molecular weight is 421 g/mol. The first-order chi connectivity index (χ1) is 12.7. The summed E-state index contributed by atoms with van der Waals surface area (Å²) in [5.41, 5.74) is 8.17. The van der Waals surface area contributed by atoms with E-state index in [9.17, 15) is 0 Å². The van der Waals surface area contributed by atoms with Crippen LogP contribution in [0.15, 0.2) is 99.3 Å². The van der Waals surface area contributed by atoms with Gasteiger partial charge in [0.1, 0.15) is 0 Å². The van der Waals surface area contributed by atoms with Gasteiger partial charge in [0.05, 0.1) is 0 Å². The molecule has 1 aromatic heterocycles. The van der Waals surface area contributed by atoms with Gasteiger partial charge in [0.2, 0.25) is 10.5 Å². The Bertz CT molecular complexity index is 1040. The second-order valence-corrected chi connectivity index (χ2v) is 8.04. The van der Waals surface area contributed by atoms with E-state index in [1.54, 1.807) is 11.8 Å². The van der Waals surface area contributed by atoms with Gasteiger partial charge in [-0.1, -0.05) is 63.6 Å². The predicted octanol–water partition coefficient (Wildman–Crippen LogP) is 6.82. The third kappa shape index (κ3) is 3.76. The molecule has 0 aliphatic carbocycles. The molecule has 0 saturated heterocycles. The van der Waals surface area contributed by atoms with Crippen LogP contribution in [0.4, 0.5) is 5.69 Å². The van der Waals surface area contributed by atoms with Gasteiger partial charge in [-0.25, -0.2) is 4.68 Å². The lowest BCUT2D eigenvalue weighted by molar-refractivity contribution is -0.631. The lowest BCUT2D eigenvalue weighted by Gasteiger charge is -2.19. The van der Waals surface area contributed by atoms with Crippen molar-refractivity contribution in [1.82, 2.24) is 0 Å². The monoisotopic (exact) mass is 420 g/mol. The molecule has 0 amide bonds. The number of fused-ring (bicyclic) bond motifs is 1. The number of pyridine rings is 1. The first-order valence-electron chi connectivity index (χ1n) is 8.35. The minimum absolute atomic E-state index is 0.917. The molecule has 2 nitrogen and oxygen atoms in total. The number of hydrogen-bond donors (Lipinski definition) is 0. The fourth-order valence-corrected chi connectivity index (χ4v) is 3.84. The van der Waals surface area contributed by atoms with Crippen LogP contribution in [0.25, 0.3) is 16.3 Å². The maximum Gasteiger partial charge on any atom is 0.241 e. The number of benzene rings is 3. The van der Waals surface area contributed by atoms with Gasteiger partial charge >= 0.3 is 0 Å². The second kappa shape index (κ2) is 7.52. The van der Waals surface area contributed by atoms with Crippen molar-refractivity contribution in [2.45, 2.75) is 16.8 Å². The Morgan fingerprint density at radius 3 is 2.31 bits per heavy atom. The summed E-state index contributed by atoms with van der Waals surface area (Å²) < 4.78 is 3.08. The Labute approximate surface area is 166 Å². The minimum Gasteiger partial charge on any atom is -0.403 e. The number of para-hydroxylation sites is 1. The Morgan fingerprint density at radius 1 is 0.808 bits per heavy atom. The lowest BCUT2D eigenvalue weighted by Crippen LogP contribution is -2.31. The highest BCUT2D eigenvalue weighted by Gasteiger charge is 2.12. The quantitative estimate of drug-likeness (QED) is 0.331. The topological polar surface area (TPSA) is 18.0 Å². The maximum absolute atomic E-state index is 4.90. The van der Waals surface area contributed by atoms with Gasteiger partial charge in [-0.3, -0.25) is 0 Å². The Morgan fingerprint density at radius 2 is 1.54 bits per heavy atom. The number of halogens is 1. The van der Waals surface area contributed by atoms with E-state index >= 15 is 0 Å². The second-order valence-electron chi connectivity index (χ2n) is 6.03. The molecule has 0 saturated carbocycles. The van der Waals surface area contributed by atoms with Crippen molar-refractivity contribution in [3.05, 3.63) is 100 Å². The minimum atomic E-state index is 0.917. The van der Waals surface area contributed by atoms with Crippen molar-refractivity contribution in [2.75, 3.05) is 0 Å². The molecule has 26 heavy (non-hydrogen) atoms. The van der Waals surface area contributed by atoms with Crippen molar-refractivity contribution in [3.63, 3.8) is 0 Å². The van der Waals surface area contributed by atoms with Crippen molar-refractivity contribution in [2.24, 2.45) is 0 Å². The molecule has 0 unspecified atom stereocenters. The number of aromatic nitrogens is 1.